The van der Waals surface area contributed by atoms with Crippen LogP contribution in [-0.4, -0.2) is 31.4 Å². The monoisotopic (exact) mass is 339 g/mol. The van der Waals surface area contributed by atoms with Gasteiger partial charge in [0.2, 0.25) is 0 Å². The molecule has 0 radical (unpaired) electrons. The number of carbonyl (C=O) groups excluding carboxylic acids is 1. The molecule has 6 heteroatoms. The summed E-state index contributed by atoms with van der Waals surface area (Å²) in [6.45, 7) is 5.09. The van der Waals surface area contributed by atoms with Crippen molar-refractivity contribution in [3.05, 3.63) is 53.6 Å². The first-order chi connectivity index (χ1) is 12.1. The highest BCUT2D eigenvalue weighted by Gasteiger charge is 2.12. The molecule has 0 atom stereocenters. The van der Waals surface area contributed by atoms with E-state index >= 15 is 0 Å². The number of hydrogen-bond acceptors (Lipinski definition) is 5. The van der Waals surface area contributed by atoms with E-state index in [-0.39, 0.29) is 12.5 Å². The quantitative estimate of drug-likeness (QED) is 0.649. The predicted octanol–water partition coefficient (Wildman–Crippen LogP) is 2.72. The zero-order valence-electron chi connectivity index (χ0n) is 14.3. The summed E-state index contributed by atoms with van der Waals surface area (Å²) < 4.78 is 11.1. The molecule has 1 aliphatic heterocycles. The smallest absolute Gasteiger partial charge is 0.259 e. The Morgan fingerprint density at radius 3 is 2.72 bits per heavy atom. The number of hydrogen-bond donors (Lipinski definition) is 2. The zero-order chi connectivity index (χ0) is 17.6. The Labute approximate surface area is 146 Å². The van der Waals surface area contributed by atoms with Crippen LogP contribution in [0.3, 0.4) is 0 Å². The number of hydrazone groups is 1. The first-order valence-electron chi connectivity index (χ1n) is 8.15. The van der Waals surface area contributed by atoms with Crippen molar-refractivity contribution in [2.75, 3.05) is 25.1 Å². The number of carbonyl (C=O) groups is 1. The van der Waals surface area contributed by atoms with Gasteiger partial charge in [-0.2, -0.15) is 5.10 Å². The van der Waals surface area contributed by atoms with E-state index in [4.69, 9.17) is 9.47 Å². The van der Waals surface area contributed by atoms with Crippen molar-refractivity contribution in [2.24, 2.45) is 5.10 Å². The summed E-state index contributed by atoms with van der Waals surface area (Å²) in [5.74, 6) is 1.22. The molecule has 0 bridgehead atoms. The lowest BCUT2D eigenvalue weighted by atomic mass is 10.1. The molecule has 25 heavy (non-hydrogen) atoms. The Hall–Kier alpha value is -3.02. The fraction of sp³-hybridized carbons (Fsp3) is 0.263. The van der Waals surface area contributed by atoms with Crippen molar-refractivity contribution in [3.8, 4) is 11.5 Å². The number of amides is 1. The van der Waals surface area contributed by atoms with Crippen LogP contribution >= 0.6 is 0 Å². The first-order valence-corrected chi connectivity index (χ1v) is 8.15. The molecule has 2 aromatic carbocycles. The van der Waals surface area contributed by atoms with E-state index in [1.54, 1.807) is 0 Å². The second-order valence-corrected chi connectivity index (χ2v) is 5.81. The second kappa shape index (κ2) is 7.70. The summed E-state index contributed by atoms with van der Waals surface area (Å²) in [7, 11) is 0. The normalized spacial score (nSPS) is 13.3. The molecule has 2 aromatic rings. The number of rotatable bonds is 5. The van der Waals surface area contributed by atoms with Gasteiger partial charge in [-0.1, -0.05) is 12.1 Å². The number of aryl methyl sites for hydroxylation is 1. The maximum Gasteiger partial charge on any atom is 0.259 e. The molecule has 130 valence electrons. The van der Waals surface area contributed by atoms with Gasteiger partial charge < -0.3 is 14.8 Å². The molecule has 0 aliphatic carbocycles. The van der Waals surface area contributed by atoms with E-state index in [9.17, 15) is 4.79 Å². The van der Waals surface area contributed by atoms with Crippen LogP contribution in [0.15, 0.2) is 47.6 Å². The molecule has 0 aromatic heterocycles. The lowest BCUT2D eigenvalue weighted by Gasteiger charge is -2.18. The second-order valence-electron chi connectivity index (χ2n) is 5.81. The molecule has 3 rings (SSSR count). The van der Waals surface area contributed by atoms with Crippen LogP contribution in [-0.2, 0) is 4.79 Å². The third-order valence-corrected chi connectivity index (χ3v) is 3.78. The Morgan fingerprint density at radius 2 is 1.92 bits per heavy atom. The summed E-state index contributed by atoms with van der Waals surface area (Å²) >= 11 is 0. The lowest BCUT2D eigenvalue weighted by Crippen LogP contribution is -2.26. The molecule has 0 spiro atoms. The Morgan fingerprint density at radius 1 is 1.12 bits per heavy atom. The minimum Gasteiger partial charge on any atom is -0.486 e. The highest BCUT2D eigenvalue weighted by molar-refractivity contribution is 6.00. The molecular weight excluding hydrogens is 318 g/mol. The number of nitrogens with zero attached hydrogens (tertiary/aromatic N) is 1. The van der Waals surface area contributed by atoms with E-state index in [1.807, 2.05) is 56.3 Å². The molecule has 2 N–H and O–H groups in total. The average Bonchev–Trinajstić information content (AvgIpc) is 2.64. The number of ether oxygens (including phenoxy) is 2. The van der Waals surface area contributed by atoms with Crippen molar-refractivity contribution in [1.82, 2.24) is 5.43 Å². The van der Waals surface area contributed by atoms with Gasteiger partial charge in [-0.15, -0.1) is 0 Å². The van der Waals surface area contributed by atoms with Gasteiger partial charge in [0.1, 0.15) is 13.2 Å². The van der Waals surface area contributed by atoms with Gasteiger partial charge in [-0.05, 0) is 49.7 Å². The largest absolute Gasteiger partial charge is 0.486 e. The summed E-state index contributed by atoms with van der Waals surface area (Å²) in [5, 5.41) is 7.23. The van der Waals surface area contributed by atoms with Crippen LogP contribution < -0.4 is 20.2 Å². The Bertz CT molecular complexity index is 802. The third-order valence-electron chi connectivity index (χ3n) is 3.78. The molecular formula is C19H21N3O3. The summed E-state index contributed by atoms with van der Waals surface area (Å²) in [5.41, 5.74) is 6.17. The highest BCUT2D eigenvalue weighted by atomic mass is 16.6. The number of fused-ring (bicyclic) bond motifs is 1. The minimum atomic E-state index is -0.210. The highest BCUT2D eigenvalue weighted by Crippen LogP contribution is 2.30. The molecule has 1 amide bonds. The van der Waals surface area contributed by atoms with Crippen LogP contribution in [0.5, 0.6) is 11.5 Å². The average molecular weight is 339 g/mol. The maximum atomic E-state index is 11.9. The number of nitrogens with one attached hydrogen (secondary N) is 2. The fourth-order valence-electron chi connectivity index (χ4n) is 2.46. The number of benzene rings is 2. The topological polar surface area (TPSA) is 72.0 Å². The SMILES string of the molecule is C/C(=N\NC(=O)CNc1cccc(C)c1)c1ccc2c(c1)OCCO2. The molecule has 0 saturated carbocycles. The van der Waals surface area contributed by atoms with E-state index in [1.165, 1.54) is 0 Å². The molecule has 1 heterocycles. The van der Waals surface area contributed by atoms with Crippen LogP contribution in [0.25, 0.3) is 0 Å². The Kier molecular flexibility index (Phi) is 5.18. The van der Waals surface area contributed by atoms with E-state index in [0.29, 0.717) is 24.7 Å². The van der Waals surface area contributed by atoms with Crippen molar-refractivity contribution >= 4 is 17.3 Å². The fourth-order valence-corrected chi connectivity index (χ4v) is 2.46. The summed E-state index contributed by atoms with van der Waals surface area (Å²) in [6, 6.07) is 13.5. The standard InChI is InChI=1S/C19H21N3O3/c1-13-4-3-5-16(10-13)20-12-19(23)22-21-14(2)15-6-7-17-18(11-15)25-9-8-24-17/h3-7,10-11,20H,8-9,12H2,1-2H3,(H,22,23)/b21-14+. The van der Waals surface area contributed by atoms with Gasteiger partial charge in [0, 0.05) is 11.3 Å². The van der Waals surface area contributed by atoms with Crippen LogP contribution in [0.4, 0.5) is 5.69 Å². The van der Waals surface area contributed by atoms with Gasteiger partial charge in [0.25, 0.3) is 5.91 Å². The minimum absolute atomic E-state index is 0.154. The summed E-state index contributed by atoms with van der Waals surface area (Å²) in [6.07, 6.45) is 0. The first kappa shape index (κ1) is 16.8. The predicted molar refractivity (Wildman–Crippen MR) is 97.5 cm³/mol. The van der Waals surface area contributed by atoms with Gasteiger partial charge >= 0.3 is 0 Å². The zero-order valence-corrected chi connectivity index (χ0v) is 14.3. The van der Waals surface area contributed by atoms with E-state index < -0.39 is 0 Å². The lowest BCUT2D eigenvalue weighted by molar-refractivity contribution is -0.119. The van der Waals surface area contributed by atoms with Gasteiger partial charge in [-0.25, -0.2) is 5.43 Å². The van der Waals surface area contributed by atoms with Crippen molar-refractivity contribution < 1.29 is 14.3 Å². The van der Waals surface area contributed by atoms with Gasteiger partial charge in [0.05, 0.1) is 12.3 Å². The summed E-state index contributed by atoms with van der Waals surface area (Å²) in [4.78, 5) is 11.9. The molecule has 0 fully saturated rings. The third kappa shape index (κ3) is 4.50. The molecule has 1 aliphatic rings. The van der Waals surface area contributed by atoms with Crippen LogP contribution in [0.2, 0.25) is 0 Å². The van der Waals surface area contributed by atoms with Gasteiger partial charge in [-0.3, -0.25) is 4.79 Å². The molecule has 6 nitrogen and oxygen atoms in total. The van der Waals surface area contributed by atoms with Crippen molar-refractivity contribution in [3.63, 3.8) is 0 Å². The maximum absolute atomic E-state index is 11.9. The van der Waals surface area contributed by atoms with Crippen LogP contribution in [0, 0.1) is 6.92 Å². The van der Waals surface area contributed by atoms with Crippen molar-refractivity contribution in [2.45, 2.75) is 13.8 Å². The molecule has 0 unspecified atom stereocenters. The molecule has 0 saturated heterocycles. The van der Waals surface area contributed by atoms with E-state index in [0.717, 1.165) is 22.6 Å². The van der Waals surface area contributed by atoms with Gasteiger partial charge in [0.15, 0.2) is 11.5 Å². The van der Waals surface area contributed by atoms with E-state index in [2.05, 4.69) is 15.8 Å². The van der Waals surface area contributed by atoms with Crippen LogP contribution in [0.1, 0.15) is 18.1 Å². The van der Waals surface area contributed by atoms with Crippen molar-refractivity contribution in [1.29, 1.82) is 0 Å². The number of anilines is 1. The Balaban J connectivity index is 1.56.